The van der Waals surface area contributed by atoms with Gasteiger partial charge in [-0.15, -0.1) is 0 Å². The molecule has 1 amide bonds. The van der Waals surface area contributed by atoms with Gasteiger partial charge >= 0.3 is 6.09 Å². The van der Waals surface area contributed by atoms with Crippen molar-refractivity contribution < 1.29 is 17.9 Å². The molecule has 6 heteroatoms. The monoisotopic (exact) mass is 297 g/mol. The zero-order chi connectivity index (χ0) is 14.6. The van der Waals surface area contributed by atoms with E-state index in [0.717, 1.165) is 5.56 Å². The number of hydrogen-bond donors (Lipinski definition) is 0. The number of hydrogen-bond acceptors (Lipinski definition) is 4. The van der Waals surface area contributed by atoms with E-state index < -0.39 is 15.9 Å². The van der Waals surface area contributed by atoms with Gasteiger partial charge in [0.25, 0.3) is 0 Å². The summed E-state index contributed by atoms with van der Waals surface area (Å²) in [7, 11) is -3.03. The summed E-state index contributed by atoms with van der Waals surface area (Å²) in [6, 6.07) is 9.22. The lowest BCUT2D eigenvalue weighted by Crippen LogP contribution is -2.40. The molecule has 0 N–H and O–H groups in total. The lowest BCUT2D eigenvalue weighted by Gasteiger charge is -2.27. The zero-order valence-corrected chi connectivity index (χ0v) is 12.3. The summed E-state index contributed by atoms with van der Waals surface area (Å²) < 4.78 is 28.2. The molecule has 1 fully saturated rings. The Hall–Kier alpha value is -1.56. The molecular weight excluding hydrogens is 278 g/mol. The molecule has 0 saturated carbocycles. The summed E-state index contributed by atoms with van der Waals surface area (Å²) >= 11 is 0. The lowest BCUT2D eigenvalue weighted by atomic mass is 10.1. The number of sulfone groups is 1. The first-order chi connectivity index (χ1) is 9.52. The van der Waals surface area contributed by atoms with E-state index in [2.05, 4.69) is 0 Å². The molecule has 0 bridgehead atoms. The largest absolute Gasteiger partial charge is 0.450 e. The number of carbonyl (C=O) groups excluding carboxylic acids is 1. The second-order valence-electron chi connectivity index (χ2n) is 4.87. The zero-order valence-electron chi connectivity index (χ0n) is 11.5. The van der Waals surface area contributed by atoms with Crippen molar-refractivity contribution in [3.05, 3.63) is 35.9 Å². The molecule has 1 saturated heterocycles. The Bertz CT molecular complexity index is 556. The molecular formula is C14H19NO4S. The summed E-state index contributed by atoms with van der Waals surface area (Å²) in [6.45, 7) is 2.40. The molecule has 110 valence electrons. The number of rotatable bonds is 4. The van der Waals surface area contributed by atoms with Crippen molar-refractivity contribution in [3.8, 4) is 0 Å². The molecule has 20 heavy (non-hydrogen) atoms. The van der Waals surface area contributed by atoms with E-state index in [9.17, 15) is 13.2 Å². The van der Waals surface area contributed by atoms with Gasteiger partial charge in [0.1, 0.15) is 0 Å². The molecule has 1 unspecified atom stereocenters. The Balaban J connectivity index is 2.15. The molecule has 0 radical (unpaired) electrons. The second kappa shape index (κ2) is 6.26. The highest BCUT2D eigenvalue weighted by Gasteiger charge is 2.35. The third-order valence-electron chi connectivity index (χ3n) is 3.35. The minimum absolute atomic E-state index is 0.0264. The highest BCUT2D eigenvalue weighted by atomic mass is 32.2. The molecule has 2 rings (SSSR count). The Labute approximate surface area is 119 Å². The van der Waals surface area contributed by atoms with Crippen LogP contribution in [0.2, 0.25) is 0 Å². The van der Waals surface area contributed by atoms with Gasteiger partial charge in [-0.25, -0.2) is 13.2 Å². The predicted molar refractivity (Wildman–Crippen MR) is 76.1 cm³/mol. The van der Waals surface area contributed by atoms with Crippen LogP contribution in [0.15, 0.2) is 30.3 Å². The van der Waals surface area contributed by atoms with Gasteiger partial charge in [-0.3, -0.25) is 4.90 Å². The number of benzene rings is 1. The van der Waals surface area contributed by atoms with Gasteiger partial charge in [-0.05, 0) is 18.9 Å². The van der Waals surface area contributed by atoms with Crippen molar-refractivity contribution in [2.75, 3.05) is 18.1 Å². The van der Waals surface area contributed by atoms with Crippen molar-refractivity contribution in [2.45, 2.75) is 25.9 Å². The minimum Gasteiger partial charge on any atom is -0.450 e. The highest BCUT2D eigenvalue weighted by molar-refractivity contribution is 7.91. The van der Waals surface area contributed by atoms with Crippen LogP contribution < -0.4 is 0 Å². The first-order valence-electron chi connectivity index (χ1n) is 6.69. The maximum absolute atomic E-state index is 12.1. The maximum atomic E-state index is 12.1. The van der Waals surface area contributed by atoms with E-state index in [1.165, 1.54) is 4.90 Å². The molecule has 0 spiro atoms. The van der Waals surface area contributed by atoms with E-state index in [0.29, 0.717) is 13.0 Å². The first kappa shape index (κ1) is 14.8. The number of carbonyl (C=O) groups is 1. The average molecular weight is 297 g/mol. The first-order valence-corrected chi connectivity index (χ1v) is 8.51. The fourth-order valence-corrected chi connectivity index (χ4v) is 4.08. The van der Waals surface area contributed by atoms with Gasteiger partial charge < -0.3 is 4.74 Å². The van der Waals surface area contributed by atoms with E-state index in [4.69, 9.17) is 4.74 Å². The van der Waals surface area contributed by atoms with Crippen molar-refractivity contribution in [2.24, 2.45) is 0 Å². The molecule has 0 aliphatic carbocycles. The van der Waals surface area contributed by atoms with Crippen molar-refractivity contribution in [3.63, 3.8) is 0 Å². The Morgan fingerprint density at radius 1 is 1.35 bits per heavy atom. The lowest BCUT2D eigenvalue weighted by molar-refractivity contribution is 0.0909. The van der Waals surface area contributed by atoms with Gasteiger partial charge in [0, 0.05) is 6.54 Å². The fourth-order valence-electron chi connectivity index (χ4n) is 2.35. The quantitative estimate of drug-likeness (QED) is 0.850. The number of nitrogens with zero attached hydrogens (tertiary/aromatic N) is 1. The van der Waals surface area contributed by atoms with Gasteiger partial charge in [0.2, 0.25) is 0 Å². The van der Waals surface area contributed by atoms with Gasteiger partial charge in [-0.2, -0.15) is 0 Å². The molecule has 1 atom stereocenters. The van der Waals surface area contributed by atoms with Crippen LogP contribution in [0.3, 0.4) is 0 Å². The van der Waals surface area contributed by atoms with Crippen LogP contribution in [-0.4, -0.2) is 43.6 Å². The van der Waals surface area contributed by atoms with Crippen LogP contribution in [0.25, 0.3) is 0 Å². The molecule has 0 aromatic heterocycles. The van der Waals surface area contributed by atoms with Crippen LogP contribution in [0.4, 0.5) is 4.79 Å². The van der Waals surface area contributed by atoms with Crippen LogP contribution in [0.1, 0.15) is 18.9 Å². The summed E-state index contributed by atoms with van der Waals surface area (Å²) in [4.78, 5) is 13.6. The minimum atomic E-state index is -3.03. The topological polar surface area (TPSA) is 63.7 Å². The van der Waals surface area contributed by atoms with Crippen LogP contribution in [-0.2, 0) is 21.1 Å². The van der Waals surface area contributed by atoms with Crippen LogP contribution in [0, 0.1) is 0 Å². The van der Waals surface area contributed by atoms with Crippen molar-refractivity contribution in [1.29, 1.82) is 0 Å². The number of amides is 1. The van der Waals surface area contributed by atoms with E-state index in [1.807, 2.05) is 30.3 Å². The predicted octanol–water partition coefficient (Wildman–Crippen LogP) is 1.83. The van der Waals surface area contributed by atoms with Crippen molar-refractivity contribution >= 4 is 15.9 Å². The van der Waals surface area contributed by atoms with Gasteiger partial charge in [0.05, 0.1) is 24.2 Å². The smallest absolute Gasteiger partial charge is 0.410 e. The summed E-state index contributed by atoms with van der Waals surface area (Å²) in [5, 5.41) is 0. The second-order valence-corrected chi connectivity index (χ2v) is 7.10. The maximum Gasteiger partial charge on any atom is 0.410 e. The molecule has 1 aromatic carbocycles. The van der Waals surface area contributed by atoms with E-state index >= 15 is 0 Å². The summed E-state index contributed by atoms with van der Waals surface area (Å²) in [5.41, 5.74) is 0.963. The number of ether oxygens (including phenoxy) is 1. The average Bonchev–Trinajstić information content (AvgIpc) is 2.77. The Morgan fingerprint density at radius 3 is 2.60 bits per heavy atom. The SMILES string of the molecule is CCOC(=O)N(Cc1ccccc1)C1CCS(=O)(=O)C1. The summed E-state index contributed by atoms with van der Waals surface area (Å²) in [6.07, 6.45) is 0.0343. The molecule has 1 aliphatic heterocycles. The van der Waals surface area contributed by atoms with Gasteiger partial charge in [0.15, 0.2) is 9.84 Å². The molecule has 1 aliphatic rings. The standard InChI is InChI=1S/C14H19NO4S/c1-2-19-14(16)15(10-12-6-4-3-5-7-12)13-8-9-20(17,18)11-13/h3-7,13H,2,8-11H2,1H3. The van der Waals surface area contributed by atoms with E-state index in [1.54, 1.807) is 6.92 Å². The van der Waals surface area contributed by atoms with Crippen LogP contribution >= 0.6 is 0 Å². The third-order valence-corrected chi connectivity index (χ3v) is 5.10. The normalized spacial score (nSPS) is 20.6. The highest BCUT2D eigenvalue weighted by Crippen LogP contribution is 2.21. The Morgan fingerprint density at radius 2 is 2.05 bits per heavy atom. The summed E-state index contributed by atoms with van der Waals surface area (Å²) in [5.74, 6) is 0.168. The van der Waals surface area contributed by atoms with Crippen molar-refractivity contribution in [1.82, 2.24) is 4.90 Å². The molecule has 5 nitrogen and oxygen atoms in total. The Kier molecular flexibility index (Phi) is 4.65. The van der Waals surface area contributed by atoms with Crippen LogP contribution in [0.5, 0.6) is 0 Å². The fraction of sp³-hybridized carbons (Fsp3) is 0.500. The van der Waals surface area contributed by atoms with E-state index in [-0.39, 0.29) is 24.2 Å². The molecule has 1 heterocycles. The van der Waals surface area contributed by atoms with Gasteiger partial charge in [-0.1, -0.05) is 30.3 Å². The third kappa shape index (κ3) is 3.72. The molecule has 1 aromatic rings.